The first-order valence-electron chi connectivity index (χ1n) is 21.8. The van der Waals surface area contributed by atoms with E-state index in [2.05, 4.69) is 282 Å². The number of hydrogen-bond acceptors (Lipinski definition) is 4. The number of aliphatic hydroxyl groups is 3. The number of unbranched alkanes of at least 4 members (excludes halogenated alkanes) is 12. The molecule has 3 N–H and O–H groups in total. The van der Waals surface area contributed by atoms with Crippen LogP contribution in [0.25, 0.3) is 0 Å². The van der Waals surface area contributed by atoms with Gasteiger partial charge in [-0.05, 0) is 46.0 Å². The van der Waals surface area contributed by atoms with Crippen LogP contribution in [0.1, 0.15) is 111 Å². The summed E-state index contributed by atoms with van der Waals surface area (Å²) in [6.45, 7) is 128. The van der Waals surface area contributed by atoms with Crippen molar-refractivity contribution < 1.29 is 20.1 Å². The van der Waals surface area contributed by atoms with E-state index >= 15 is 0 Å². The predicted molar refractivity (Wildman–Crippen MR) is 348 cm³/mol. The number of hydrogen-bond donors (Lipinski definition) is 3. The summed E-state index contributed by atoms with van der Waals surface area (Å²) in [5.41, 5.74) is 0. The third kappa shape index (κ3) is 1190. The van der Waals surface area contributed by atoms with Gasteiger partial charge in [0.15, 0.2) is 0 Å². The molecule has 0 heterocycles. The van der Waals surface area contributed by atoms with Gasteiger partial charge in [-0.25, -0.2) is 0 Å². The van der Waals surface area contributed by atoms with Gasteiger partial charge >= 0.3 is 0 Å². The molecule has 412 valence electrons. The Balaban J connectivity index is -0.0000000167. The molecule has 0 aromatic carbocycles. The molecule has 0 atom stereocenters. The molecule has 4 heteroatoms. The van der Waals surface area contributed by atoms with Gasteiger partial charge in [0.2, 0.25) is 0 Å². The van der Waals surface area contributed by atoms with Crippen molar-refractivity contribution in [3.63, 3.8) is 0 Å². The summed E-state index contributed by atoms with van der Waals surface area (Å²) in [5, 5.41) is 23.9. The molecule has 68 heavy (non-hydrogen) atoms. The Morgan fingerprint density at radius 3 is 0.529 bits per heavy atom. The van der Waals surface area contributed by atoms with Crippen molar-refractivity contribution in [1.82, 2.24) is 0 Å². The maximum Gasteiger partial charge on any atom is 0.0662 e. The Labute approximate surface area is 437 Å². The summed E-state index contributed by atoms with van der Waals surface area (Å²) in [4.78, 5) is 0. The van der Waals surface area contributed by atoms with E-state index in [0.29, 0.717) is 6.61 Å². The van der Waals surface area contributed by atoms with Crippen molar-refractivity contribution in [2.24, 2.45) is 0 Å². The van der Waals surface area contributed by atoms with Crippen molar-refractivity contribution in [2.75, 3.05) is 33.0 Å². The second kappa shape index (κ2) is 834. The van der Waals surface area contributed by atoms with E-state index < -0.39 is 0 Å². The van der Waals surface area contributed by atoms with Gasteiger partial charge in [0.1, 0.15) is 0 Å². The molecule has 0 unspecified atom stereocenters. The molecule has 0 spiro atoms. The van der Waals surface area contributed by atoms with Crippen molar-refractivity contribution in [1.29, 1.82) is 0 Å². The Kier molecular flexibility index (Phi) is 1860. The van der Waals surface area contributed by atoms with Crippen LogP contribution in [0.2, 0.25) is 0 Å². The molecule has 0 aliphatic carbocycles. The molecular weight excluding hydrogens is 833 g/mol. The van der Waals surface area contributed by atoms with E-state index in [0.717, 1.165) is 19.6 Å². The highest BCUT2D eigenvalue weighted by Gasteiger charge is 1.90. The van der Waals surface area contributed by atoms with E-state index in [1.54, 1.807) is 0 Å². The Bertz CT molecular complexity index is 422. The average Bonchev–Trinajstić information content (AvgIpc) is 3.50. The zero-order chi connectivity index (χ0) is 61.6. The molecule has 0 bridgehead atoms. The first-order chi connectivity index (χ1) is 33.7. The highest BCUT2D eigenvalue weighted by molar-refractivity contribution is 4.81. The Morgan fingerprint density at radius 1 is 0.235 bits per heavy atom. The van der Waals surface area contributed by atoms with Gasteiger partial charge in [0.25, 0.3) is 0 Å². The number of aliphatic hydroxyl groups excluding tert-OH is 3. The van der Waals surface area contributed by atoms with Crippen LogP contribution in [-0.2, 0) is 4.74 Å². The van der Waals surface area contributed by atoms with E-state index in [1.807, 2.05) is 13.8 Å². The Hall–Kier alpha value is -5.62. The smallest absolute Gasteiger partial charge is 0.0662 e. The molecule has 4 nitrogen and oxygen atoms in total. The average molecular weight is 966 g/mol. The molecule has 0 fully saturated rings. The predicted octanol–water partition coefficient (Wildman–Crippen LogP) is 22.1. The summed E-state index contributed by atoms with van der Waals surface area (Å²) in [6, 6.07) is 0. The zero-order valence-electron chi connectivity index (χ0n) is 47.6. The fourth-order valence-electron chi connectivity index (χ4n) is 2.56. The van der Waals surface area contributed by atoms with Gasteiger partial charge in [-0.3, -0.25) is 0 Å². The lowest BCUT2D eigenvalue weighted by Crippen LogP contribution is -1.85. The highest BCUT2D eigenvalue weighted by Crippen LogP contribution is 2.09. The molecular formula is C64H132O4. The molecule has 0 aromatic heterocycles. The fourth-order valence-corrected chi connectivity index (χ4v) is 2.56. The number of rotatable bonds is 18. The van der Waals surface area contributed by atoms with Crippen LogP contribution >= 0.6 is 0 Å². The minimum atomic E-state index is -0.125. The first kappa shape index (κ1) is 152. The summed E-state index contributed by atoms with van der Waals surface area (Å²) in [7, 11) is 0. The maximum absolute atomic E-state index is 8.66. The van der Waals surface area contributed by atoms with Gasteiger partial charge in [-0.2, -0.15) is 0 Å². The lowest BCUT2D eigenvalue weighted by molar-refractivity contribution is 0.162. The van der Waals surface area contributed by atoms with Crippen LogP contribution in [0.4, 0.5) is 0 Å². The van der Waals surface area contributed by atoms with Gasteiger partial charge in [-0.1, -0.05) is 76.9 Å². The van der Waals surface area contributed by atoms with E-state index in [4.69, 9.17) is 20.1 Å². The van der Waals surface area contributed by atoms with Crippen LogP contribution in [-0.4, -0.2) is 48.4 Å². The minimum absolute atomic E-state index is 0.125. The molecule has 0 rings (SSSR count). The molecule has 0 radical (unpaired) electrons. The molecule has 0 aliphatic heterocycles. The SMILES string of the molecule is C=C.C=C.C=C.C=C.C=C.C=C.C=C.C=C.C=C.C=C.C=C.C=C.C=C.C=C.C=C.C=C.C=C.C=C.C=C.C=C.CCCCCCCC/C=C\CCCCCCCCO.CCOCC.OCCO. The zero-order valence-corrected chi connectivity index (χ0v) is 47.6. The fraction of sp³-hybridized carbons (Fsp3) is 0.344. The van der Waals surface area contributed by atoms with Crippen LogP contribution in [0.5, 0.6) is 0 Å². The summed E-state index contributed by atoms with van der Waals surface area (Å²) < 4.78 is 4.83. The molecule has 0 saturated heterocycles. The van der Waals surface area contributed by atoms with E-state index in [1.165, 1.54) is 83.5 Å². The van der Waals surface area contributed by atoms with E-state index in [9.17, 15) is 0 Å². The van der Waals surface area contributed by atoms with Crippen molar-refractivity contribution >= 4 is 0 Å². The van der Waals surface area contributed by atoms with Crippen molar-refractivity contribution in [2.45, 2.75) is 111 Å². The molecule has 0 saturated carbocycles. The monoisotopic (exact) mass is 965 g/mol. The molecule has 0 aliphatic rings. The van der Waals surface area contributed by atoms with E-state index in [-0.39, 0.29) is 13.2 Å². The third-order valence-corrected chi connectivity index (χ3v) is 4.18. The third-order valence-electron chi connectivity index (χ3n) is 4.18. The van der Waals surface area contributed by atoms with Crippen molar-refractivity contribution in [3.8, 4) is 0 Å². The molecule has 0 amide bonds. The second-order valence-corrected chi connectivity index (χ2v) is 6.89. The van der Waals surface area contributed by atoms with Crippen LogP contribution in [0, 0.1) is 0 Å². The second-order valence-electron chi connectivity index (χ2n) is 6.89. The van der Waals surface area contributed by atoms with Gasteiger partial charge in [0.05, 0.1) is 13.2 Å². The standard InChI is InChI=1S/C18H36O.C4H10O.C2H6O2.20C2H4/c1-2-3-4-5-6-7-8-9-10-11-12-13-14-15-16-17-18-19;1-3-5-4-2;3-1-2-4;20*1-2/h9-10,19H,2-8,11-18H2,1H3;3-4H2,1-2H3;3-4H,1-2H2;20*1-2H2/b10-9-;;;;;;;;;;;;;;;;;;;;;;. The minimum Gasteiger partial charge on any atom is -0.396 e. The quantitative estimate of drug-likeness (QED) is 0.0946. The molecule has 0 aromatic rings. The first-order valence-corrected chi connectivity index (χ1v) is 21.8. The topological polar surface area (TPSA) is 69.9 Å². The highest BCUT2D eigenvalue weighted by atomic mass is 16.5. The van der Waals surface area contributed by atoms with Gasteiger partial charge in [-0.15, -0.1) is 263 Å². The summed E-state index contributed by atoms with van der Waals surface area (Å²) in [5.74, 6) is 0. The van der Waals surface area contributed by atoms with Crippen molar-refractivity contribution in [3.05, 3.63) is 275 Å². The van der Waals surface area contributed by atoms with Crippen LogP contribution < -0.4 is 0 Å². The Morgan fingerprint density at radius 2 is 0.397 bits per heavy atom. The van der Waals surface area contributed by atoms with Gasteiger partial charge < -0.3 is 20.1 Å². The van der Waals surface area contributed by atoms with Crippen LogP contribution in [0.3, 0.4) is 0 Å². The normalized spacial score (nSPS) is 5.44. The maximum atomic E-state index is 8.66. The number of allylic oxidation sites excluding steroid dienone is 2. The lowest BCUT2D eigenvalue weighted by Gasteiger charge is -1.99. The largest absolute Gasteiger partial charge is 0.396 e. The summed E-state index contributed by atoms with van der Waals surface area (Å²) in [6.07, 6.45) is 23.2. The van der Waals surface area contributed by atoms with Gasteiger partial charge in [0, 0.05) is 19.8 Å². The van der Waals surface area contributed by atoms with Crippen LogP contribution in [0.15, 0.2) is 275 Å². The summed E-state index contributed by atoms with van der Waals surface area (Å²) >= 11 is 0. The lowest BCUT2D eigenvalue weighted by atomic mass is 10.1. The number of ether oxygens (including phenoxy) is 1.